The molecule has 0 radical (unpaired) electrons. The predicted octanol–water partition coefficient (Wildman–Crippen LogP) is 3.45. The maximum atomic E-state index is 12.9. The minimum absolute atomic E-state index is 0.132. The van der Waals surface area contributed by atoms with E-state index in [1.54, 1.807) is 18.2 Å². The number of sulfonamides is 1. The van der Waals surface area contributed by atoms with Crippen LogP contribution in [-0.4, -0.2) is 26.9 Å². The molecule has 2 rings (SSSR count). The number of nitrogens with zero attached hydrogens (tertiary/aromatic N) is 1. The van der Waals surface area contributed by atoms with Crippen molar-refractivity contribution in [3.8, 4) is 5.75 Å². The molecule has 7 heteroatoms. The van der Waals surface area contributed by atoms with Crippen LogP contribution >= 0.6 is 11.6 Å². The SMILES string of the molecule is COc1ccc(Cl)cc1CN(C)S(=O)(=O)Cc1ccc(F)cc1. The van der Waals surface area contributed by atoms with Gasteiger partial charge in [0.25, 0.3) is 0 Å². The summed E-state index contributed by atoms with van der Waals surface area (Å²) in [5.74, 6) is -0.0338. The van der Waals surface area contributed by atoms with Crippen LogP contribution in [0.4, 0.5) is 4.39 Å². The largest absolute Gasteiger partial charge is 0.496 e. The normalized spacial score (nSPS) is 11.7. The van der Waals surface area contributed by atoms with E-state index in [9.17, 15) is 12.8 Å². The zero-order chi connectivity index (χ0) is 17.0. The lowest BCUT2D eigenvalue weighted by Crippen LogP contribution is -2.28. The van der Waals surface area contributed by atoms with Crippen molar-refractivity contribution in [1.82, 2.24) is 4.31 Å². The predicted molar refractivity (Wildman–Crippen MR) is 88.5 cm³/mol. The van der Waals surface area contributed by atoms with Gasteiger partial charge in [0.1, 0.15) is 11.6 Å². The van der Waals surface area contributed by atoms with Crippen molar-refractivity contribution in [2.45, 2.75) is 12.3 Å². The second kappa shape index (κ2) is 7.29. The van der Waals surface area contributed by atoms with E-state index in [4.69, 9.17) is 16.3 Å². The number of hydrogen-bond donors (Lipinski definition) is 0. The van der Waals surface area contributed by atoms with E-state index in [1.165, 1.54) is 42.7 Å². The molecule has 0 heterocycles. The minimum Gasteiger partial charge on any atom is -0.496 e. The lowest BCUT2D eigenvalue weighted by Gasteiger charge is -2.19. The van der Waals surface area contributed by atoms with Crippen LogP contribution in [0.15, 0.2) is 42.5 Å². The lowest BCUT2D eigenvalue weighted by atomic mass is 10.2. The van der Waals surface area contributed by atoms with Crippen LogP contribution in [0, 0.1) is 5.82 Å². The van der Waals surface area contributed by atoms with Gasteiger partial charge in [-0.05, 0) is 35.9 Å². The molecule has 2 aromatic rings. The maximum Gasteiger partial charge on any atom is 0.218 e. The highest BCUT2D eigenvalue weighted by Gasteiger charge is 2.20. The van der Waals surface area contributed by atoms with Gasteiger partial charge in [0.15, 0.2) is 0 Å². The van der Waals surface area contributed by atoms with Crippen molar-refractivity contribution in [2.24, 2.45) is 0 Å². The molecule has 0 aliphatic carbocycles. The van der Waals surface area contributed by atoms with Crippen LogP contribution in [0.5, 0.6) is 5.75 Å². The molecule has 0 aromatic heterocycles. The molecule has 23 heavy (non-hydrogen) atoms. The highest BCUT2D eigenvalue weighted by Crippen LogP contribution is 2.25. The monoisotopic (exact) mass is 357 g/mol. The zero-order valence-electron chi connectivity index (χ0n) is 12.8. The van der Waals surface area contributed by atoms with E-state index in [2.05, 4.69) is 0 Å². The van der Waals surface area contributed by atoms with Crippen LogP contribution in [-0.2, 0) is 22.3 Å². The second-order valence-corrected chi connectivity index (χ2v) is 7.61. The number of benzene rings is 2. The van der Waals surface area contributed by atoms with Crippen molar-refractivity contribution in [2.75, 3.05) is 14.2 Å². The van der Waals surface area contributed by atoms with Gasteiger partial charge in [-0.25, -0.2) is 17.1 Å². The molecule has 0 saturated carbocycles. The number of rotatable bonds is 6. The average Bonchev–Trinajstić information content (AvgIpc) is 2.49. The van der Waals surface area contributed by atoms with E-state index in [1.807, 2.05) is 0 Å². The molecule has 0 atom stereocenters. The molecule has 2 aromatic carbocycles. The lowest BCUT2D eigenvalue weighted by molar-refractivity contribution is 0.398. The average molecular weight is 358 g/mol. The van der Waals surface area contributed by atoms with Gasteiger partial charge in [0.2, 0.25) is 10.0 Å². The Balaban J connectivity index is 2.17. The summed E-state index contributed by atoms with van der Waals surface area (Å²) in [6, 6.07) is 10.4. The molecule has 0 bridgehead atoms. The second-order valence-electron chi connectivity index (χ2n) is 5.09. The summed E-state index contributed by atoms with van der Waals surface area (Å²) in [4.78, 5) is 0. The fourth-order valence-electron chi connectivity index (χ4n) is 2.11. The Morgan fingerprint density at radius 1 is 1.17 bits per heavy atom. The van der Waals surface area contributed by atoms with Crippen LogP contribution in [0.3, 0.4) is 0 Å². The third-order valence-electron chi connectivity index (χ3n) is 3.37. The molecule has 0 N–H and O–H groups in total. The first-order chi connectivity index (χ1) is 10.8. The number of ether oxygens (including phenoxy) is 1. The van der Waals surface area contributed by atoms with E-state index in [-0.39, 0.29) is 12.3 Å². The number of methoxy groups -OCH3 is 1. The standard InChI is InChI=1S/C16H17ClFNO3S/c1-19(10-13-9-14(17)5-8-16(13)22-2)23(20,21)11-12-3-6-15(18)7-4-12/h3-9H,10-11H2,1-2H3. The molecule has 0 aliphatic rings. The molecular formula is C16H17ClFNO3S. The van der Waals surface area contributed by atoms with E-state index >= 15 is 0 Å². The van der Waals surface area contributed by atoms with Crippen LogP contribution < -0.4 is 4.74 Å². The quantitative estimate of drug-likeness (QED) is 0.795. The smallest absolute Gasteiger partial charge is 0.218 e. The molecule has 0 saturated heterocycles. The first-order valence-electron chi connectivity index (χ1n) is 6.82. The van der Waals surface area contributed by atoms with Gasteiger partial charge in [-0.1, -0.05) is 23.7 Å². The van der Waals surface area contributed by atoms with Crippen molar-refractivity contribution in [3.05, 3.63) is 64.4 Å². The zero-order valence-corrected chi connectivity index (χ0v) is 14.4. The molecular weight excluding hydrogens is 341 g/mol. The summed E-state index contributed by atoms with van der Waals surface area (Å²) in [5, 5.41) is 0.505. The Morgan fingerprint density at radius 2 is 1.83 bits per heavy atom. The summed E-state index contributed by atoms with van der Waals surface area (Å²) in [6.07, 6.45) is 0. The van der Waals surface area contributed by atoms with Crippen molar-refractivity contribution >= 4 is 21.6 Å². The molecule has 124 valence electrons. The Hall–Kier alpha value is -1.63. The third kappa shape index (κ3) is 4.67. The van der Waals surface area contributed by atoms with Gasteiger partial charge >= 0.3 is 0 Å². The van der Waals surface area contributed by atoms with Crippen LogP contribution in [0.25, 0.3) is 0 Å². The number of hydrogen-bond acceptors (Lipinski definition) is 3. The summed E-state index contributed by atoms with van der Waals surface area (Å²) in [7, 11) is -0.551. The summed E-state index contributed by atoms with van der Waals surface area (Å²) < 4.78 is 44.2. The van der Waals surface area contributed by atoms with Gasteiger partial charge in [0, 0.05) is 24.2 Å². The first kappa shape index (κ1) is 17.7. The van der Waals surface area contributed by atoms with Gasteiger partial charge in [-0.2, -0.15) is 0 Å². The van der Waals surface area contributed by atoms with Crippen LogP contribution in [0.2, 0.25) is 5.02 Å². The molecule has 0 unspecified atom stereocenters. The topological polar surface area (TPSA) is 46.6 Å². The molecule has 0 amide bonds. The fraction of sp³-hybridized carbons (Fsp3) is 0.250. The van der Waals surface area contributed by atoms with Crippen LogP contribution in [0.1, 0.15) is 11.1 Å². The van der Waals surface area contributed by atoms with E-state index in [0.717, 1.165) is 0 Å². The Labute approximate surface area is 140 Å². The van der Waals surface area contributed by atoms with Crippen molar-refractivity contribution in [3.63, 3.8) is 0 Å². The molecule has 0 fully saturated rings. The Kier molecular flexibility index (Phi) is 5.62. The number of halogens is 2. The van der Waals surface area contributed by atoms with Crippen molar-refractivity contribution < 1.29 is 17.5 Å². The van der Waals surface area contributed by atoms with Crippen molar-refractivity contribution in [1.29, 1.82) is 0 Å². The fourth-order valence-corrected chi connectivity index (χ4v) is 3.47. The highest BCUT2D eigenvalue weighted by molar-refractivity contribution is 7.88. The summed E-state index contributed by atoms with van der Waals surface area (Å²) in [5.41, 5.74) is 1.20. The maximum absolute atomic E-state index is 12.9. The highest BCUT2D eigenvalue weighted by atomic mass is 35.5. The van der Waals surface area contributed by atoms with Gasteiger partial charge < -0.3 is 4.74 Å². The Bertz CT molecular complexity index is 778. The third-order valence-corrected chi connectivity index (χ3v) is 5.38. The van der Waals surface area contributed by atoms with E-state index < -0.39 is 15.8 Å². The first-order valence-corrected chi connectivity index (χ1v) is 8.81. The minimum atomic E-state index is -3.55. The van der Waals surface area contributed by atoms with Gasteiger partial charge in [-0.3, -0.25) is 0 Å². The summed E-state index contributed by atoms with van der Waals surface area (Å²) in [6.45, 7) is 0.132. The molecule has 4 nitrogen and oxygen atoms in total. The van der Waals surface area contributed by atoms with E-state index in [0.29, 0.717) is 21.9 Å². The Morgan fingerprint density at radius 3 is 2.43 bits per heavy atom. The molecule has 0 aliphatic heterocycles. The van der Waals surface area contributed by atoms with Gasteiger partial charge in [-0.15, -0.1) is 0 Å². The van der Waals surface area contributed by atoms with Gasteiger partial charge in [0.05, 0.1) is 12.9 Å². The molecule has 0 spiro atoms. The summed E-state index contributed by atoms with van der Waals surface area (Å²) >= 11 is 5.96.